The summed E-state index contributed by atoms with van der Waals surface area (Å²) < 4.78 is 1.94. The van der Waals surface area contributed by atoms with Gasteiger partial charge in [-0.05, 0) is 38.1 Å². The summed E-state index contributed by atoms with van der Waals surface area (Å²) in [6, 6.07) is 18.4. The molecule has 0 aliphatic carbocycles. The second kappa shape index (κ2) is 6.50. The first-order chi connectivity index (χ1) is 12.9. The van der Waals surface area contributed by atoms with Crippen LogP contribution in [0.2, 0.25) is 0 Å². The van der Waals surface area contributed by atoms with E-state index in [0.29, 0.717) is 0 Å². The SMILES string of the molecule is c1ccc(-c2nc3c4ccccc4nc(CN4CCCCC4)n3n2)cc1. The highest BCUT2D eigenvalue weighted by Crippen LogP contribution is 2.23. The maximum absolute atomic E-state index is 4.92. The fraction of sp³-hybridized carbons (Fsp3) is 0.286. The largest absolute Gasteiger partial charge is 0.296 e. The summed E-state index contributed by atoms with van der Waals surface area (Å²) in [7, 11) is 0. The van der Waals surface area contributed by atoms with Gasteiger partial charge in [0, 0.05) is 10.9 Å². The Morgan fingerprint density at radius 3 is 2.42 bits per heavy atom. The monoisotopic (exact) mass is 343 g/mol. The smallest absolute Gasteiger partial charge is 0.182 e. The van der Waals surface area contributed by atoms with Gasteiger partial charge in [-0.3, -0.25) is 4.90 Å². The number of hydrogen-bond donors (Lipinski definition) is 0. The molecule has 5 rings (SSSR count). The molecule has 2 aromatic heterocycles. The van der Waals surface area contributed by atoms with E-state index in [4.69, 9.17) is 15.1 Å². The second-order valence-corrected chi connectivity index (χ2v) is 6.92. The van der Waals surface area contributed by atoms with Crippen LogP contribution in [0.5, 0.6) is 0 Å². The van der Waals surface area contributed by atoms with E-state index in [1.54, 1.807) is 0 Å². The molecule has 5 heteroatoms. The number of piperidine rings is 1. The van der Waals surface area contributed by atoms with Crippen LogP contribution in [0.4, 0.5) is 0 Å². The van der Waals surface area contributed by atoms with Crippen molar-refractivity contribution in [3.05, 3.63) is 60.4 Å². The van der Waals surface area contributed by atoms with Crippen LogP contribution in [-0.4, -0.2) is 37.6 Å². The normalized spacial score (nSPS) is 15.7. The first-order valence-corrected chi connectivity index (χ1v) is 9.31. The predicted octanol–water partition coefficient (Wildman–Crippen LogP) is 3.93. The number of benzene rings is 2. The molecule has 1 fully saturated rings. The van der Waals surface area contributed by atoms with Gasteiger partial charge in [0.25, 0.3) is 0 Å². The minimum atomic E-state index is 0.753. The van der Waals surface area contributed by atoms with Gasteiger partial charge >= 0.3 is 0 Å². The fourth-order valence-corrected chi connectivity index (χ4v) is 3.74. The van der Waals surface area contributed by atoms with Crippen molar-refractivity contribution in [3.8, 4) is 11.4 Å². The first-order valence-electron chi connectivity index (χ1n) is 9.31. The molecule has 0 amide bonds. The molecule has 0 spiro atoms. The fourth-order valence-electron chi connectivity index (χ4n) is 3.74. The van der Waals surface area contributed by atoms with E-state index in [1.165, 1.54) is 19.3 Å². The van der Waals surface area contributed by atoms with Gasteiger partial charge in [0.15, 0.2) is 11.5 Å². The lowest BCUT2D eigenvalue weighted by Gasteiger charge is -2.26. The number of fused-ring (bicyclic) bond motifs is 3. The van der Waals surface area contributed by atoms with Crippen molar-refractivity contribution in [1.29, 1.82) is 0 Å². The van der Waals surface area contributed by atoms with Crippen molar-refractivity contribution in [2.75, 3.05) is 13.1 Å². The lowest BCUT2D eigenvalue weighted by atomic mass is 10.1. The second-order valence-electron chi connectivity index (χ2n) is 6.92. The van der Waals surface area contributed by atoms with Crippen LogP contribution in [0.15, 0.2) is 54.6 Å². The zero-order valence-corrected chi connectivity index (χ0v) is 14.7. The summed E-state index contributed by atoms with van der Waals surface area (Å²) in [5.41, 5.74) is 2.91. The molecule has 3 heterocycles. The Kier molecular flexibility index (Phi) is 3.87. The van der Waals surface area contributed by atoms with Crippen LogP contribution in [0, 0.1) is 0 Å². The molecule has 2 aromatic carbocycles. The highest BCUT2D eigenvalue weighted by atomic mass is 15.3. The van der Waals surface area contributed by atoms with Gasteiger partial charge in [0.1, 0.15) is 5.82 Å². The molecule has 0 N–H and O–H groups in total. The third-order valence-electron chi connectivity index (χ3n) is 5.09. The van der Waals surface area contributed by atoms with Crippen molar-refractivity contribution in [2.45, 2.75) is 25.8 Å². The van der Waals surface area contributed by atoms with Gasteiger partial charge < -0.3 is 0 Å². The molecule has 0 unspecified atom stereocenters. The zero-order valence-electron chi connectivity index (χ0n) is 14.7. The molecule has 1 aliphatic heterocycles. The number of para-hydroxylation sites is 1. The predicted molar refractivity (Wildman–Crippen MR) is 103 cm³/mol. The summed E-state index contributed by atoms with van der Waals surface area (Å²) in [4.78, 5) is 12.3. The van der Waals surface area contributed by atoms with E-state index in [1.807, 2.05) is 34.8 Å². The molecule has 0 atom stereocenters. The maximum Gasteiger partial charge on any atom is 0.182 e. The van der Waals surface area contributed by atoms with Crippen molar-refractivity contribution < 1.29 is 0 Å². The van der Waals surface area contributed by atoms with Gasteiger partial charge in [-0.2, -0.15) is 4.52 Å². The van der Waals surface area contributed by atoms with Crippen LogP contribution in [0.1, 0.15) is 25.1 Å². The van der Waals surface area contributed by atoms with Gasteiger partial charge in [0.2, 0.25) is 0 Å². The number of likely N-dealkylation sites (tertiary alicyclic amines) is 1. The Morgan fingerprint density at radius 1 is 0.808 bits per heavy atom. The minimum absolute atomic E-state index is 0.753. The van der Waals surface area contributed by atoms with E-state index >= 15 is 0 Å². The number of hydrogen-bond acceptors (Lipinski definition) is 4. The van der Waals surface area contributed by atoms with Gasteiger partial charge in [-0.25, -0.2) is 9.97 Å². The van der Waals surface area contributed by atoms with Crippen molar-refractivity contribution >= 4 is 16.6 Å². The molecule has 1 aliphatic rings. The van der Waals surface area contributed by atoms with E-state index < -0.39 is 0 Å². The number of nitrogens with zero attached hydrogens (tertiary/aromatic N) is 5. The molecule has 130 valence electrons. The van der Waals surface area contributed by atoms with Crippen molar-refractivity contribution in [1.82, 2.24) is 24.5 Å². The summed E-state index contributed by atoms with van der Waals surface area (Å²) >= 11 is 0. The highest BCUT2D eigenvalue weighted by molar-refractivity contribution is 5.91. The molecular weight excluding hydrogens is 322 g/mol. The van der Waals surface area contributed by atoms with Gasteiger partial charge in [-0.15, -0.1) is 5.10 Å². The Morgan fingerprint density at radius 2 is 1.58 bits per heavy atom. The number of rotatable bonds is 3. The topological polar surface area (TPSA) is 46.3 Å². The van der Waals surface area contributed by atoms with E-state index in [-0.39, 0.29) is 0 Å². The standard InChI is InChI=1S/C21H21N5/c1-3-9-16(10-4-1)20-23-21-17-11-5-6-12-18(17)22-19(26(21)24-20)15-25-13-7-2-8-14-25/h1,3-6,9-12H,2,7-8,13-15H2. The zero-order chi connectivity index (χ0) is 17.3. The van der Waals surface area contributed by atoms with Crippen LogP contribution in [-0.2, 0) is 6.54 Å². The van der Waals surface area contributed by atoms with Crippen molar-refractivity contribution in [3.63, 3.8) is 0 Å². The molecule has 0 saturated carbocycles. The summed E-state index contributed by atoms with van der Waals surface area (Å²) in [5.74, 6) is 1.72. The lowest BCUT2D eigenvalue weighted by molar-refractivity contribution is 0.214. The van der Waals surface area contributed by atoms with Crippen LogP contribution in [0.3, 0.4) is 0 Å². The maximum atomic E-state index is 4.92. The third kappa shape index (κ3) is 2.74. The van der Waals surface area contributed by atoms with Crippen LogP contribution < -0.4 is 0 Å². The molecule has 4 aromatic rings. The van der Waals surface area contributed by atoms with E-state index in [2.05, 4.69) is 29.2 Å². The molecule has 26 heavy (non-hydrogen) atoms. The Labute approximate surface area is 152 Å². The Hall–Kier alpha value is -2.79. The molecule has 5 nitrogen and oxygen atoms in total. The van der Waals surface area contributed by atoms with Gasteiger partial charge in [-0.1, -0.05) is 48.9 Å². The summed E-state index contributed by atoms with van der Waals surface area (Å²) in [5, 5.41) is 5.86. The quantitative estimate of drug-likeness (QED) is 0.565. The Bertz CT molecular complexity index is 1050. The first kappa shape index (κ1) is 15.5. The highest BCUT2D eigenvalue weighted by Gasteiger charge is 2.17. The summed E-state index contributed by atoms with van der Waals surface area (Å²) in [6.07, 6.45) is 3.87. The van der Waals surface area contributed by atoms with Crippen molar-refractivity contribution in [2.24, 2.45) is 0 Å². The van der Waals surface area contributed by atoms with E-state index in [0.717, 1.165) is 53.4 Å². The average molecular weight is 343 g/mol. The third-order valence-corrected chi connectivity index (χ3v) is 5.09. The molecule has 0 radical (unpaired) electrons. The van der Waals surface area contributed by atoms with E-state index in [9.17, 15) is 0 Å². The van der Waals surface area contributed by atoms with Crippen LogP contribution in [0.25, 0.3) is 27.9 Å². The average Bonchev–Trinajstić information content (AvgIpc) is 3.16. The van der Waals surface area contributed by atoms with Crippen LogP contribution >= 0.6 is 0 Å². The summed E-state index contributed by atoms with van der Waals surface area (Å²) in [6.45, 7) is 3.09. The Balaban J connectivity index is 1.68. The molecule has 0 bridgehead atoms. The lowest BCUT2D eigenvalue weighted by Crippen LogP contribution is -2.30. The molecule has 1 saturated heterocycles. The number of aromatic nitrogens is 4. The minimum Gasteiger partial charge on any atom is -0.296 e. The molecular formula is C21H21N5. The van der Waals surface area contributed by atoms with Gasteiger partial charge in [0.05, 0.1) is 12.1 Å².